The first-order chi connectivity index (χ1) is 10.4. The van der Waals surface area contributed by atoms with E-state index in [9.17, 15) is 4.79 Å². The van der Waals surface area contributed by atoms with Gasteiger partial charge in [-0.05, 0) is 45.7 Å². The van der Waals surface area contributed by atoms with E-state index in [0.717, 1.165) is 30.8 Å². The van der Waals surface area contributed by atoms with Crippen molar-refractivity contribution >= 4 is 11.8 Å². The summed E-state index contributed by atoms with van der Waals surface area (Å²) in [6, 6.07) is 8.07. The molecule has 1 unspecified atom stereocenters. The molecule has 122 valence electrons. The standard InChI is InChI=1S/C17H26N2O3/c1-17(2,3)22-16(20)19-10-6-8-14(12-19)18-13-7-5-9-15(11-13)21-4/h5,7,9,11,14,18H,6,8,10,12H2,1-4H3. The van der Waals surface area contributed by atoms with Gasteiger partial charge in [-0.1, -0.05) is 6.07 Å². The molecule has 1 fully saturated rings. The minimum Gasteiger partial charge on any atom is -0.497 e. The predicted octanol–water partition coefficient (Wildman–Crippen LogP) is 3.51. The molecule has 1 N–H and O–H groups in total. The summed E-state index contributed by atoms with van der Waals surface area (Å²) in [6.45, 7) is 7.08. The number of rotatable bonds is 3. The van der Waals surface area contributed by atoms with Gasteiger partial charge in [0.25, 0.3) is 0 Å². The Bertz CT molecular complexity index is 511. The van der Waals surface area contributed by atoms with Gasteiger partial charge in [-0.15, -0.1) is 0 Å². The highest BCUT2D eigenvalue weighted by atomic mass is 16.6. The molecule has 0 aliphatic carbocycles. The van der Waals surface area contributed by atoms with Crippen LogP contribution in [0.5, 0.6) is 5.75 Å². The van der Waals surface area contributed by atoms with Gasteiger partial charge >= 0.3 is 6.09 Å². The predicted molar refractivity (Wildman–Crippen MR) is 87.4 cm³/mol. The number of nitrogens with zero attached hydrogens (tertiary/aromatic N) is 1. The molecule has 1 aliphatic rings. The third kappa shape index (κ3) is 4.83. The molecular weight excluding hydrogens is 280 g/mol. The molecule has 2 rings (SSSR count). The van der Waals surface area contributed by atoms with E-state index in [-0.39, 0.29) is 12.1 Å². The third-order valence-electron chi connectivity index (χ3n) is 3.51. The minimum atomic E-state index is -0.454. The Labute approximate surface area is 132 Å². The largest absolute Gasteiger partial charge is 0.497 e. The van der Waals surface area contributed by atoms with Crippen LogP contribution in [-0.2, 0) is 4.74 Å². The maximum atomic E-state index is 12.2. The van der Waals surface area contributed by atoms with Gasteiger partial charge in [0.1, 0.15) is 11.4 Å². The molecule has 0 bridgehead atoms. The summed E-state index contributed by atoms with van der Waals surface area (Å²) in [5.74, 6) is 0.824. The van der Waals surface area contributed by atoms with Crippen LogP contribution in [0.15, 0.2) is 24.3 Å². The molecule has 1 heterocycles. The van der Waals surface area contributed by atoms with Crippen LogP contribution in [-0.4, -0.2) is 42.8 Å². The van der Waals surface area contributed by atoms with Gasteiger partial charge in [0.2, 0.25) is 0 Å². The Kier molecular flexibility index (Phi) is 5.16. The number of anilines is 1. The number of benzene rings is 1. The summed E-state index contributed by atoms with van der Waals surface area (Å²) in [7, 11) is 1.66. The molecule has 1 aromatic carbocycles. The molecule has 1 aromatic rings. The maximum Gasteiger partial charge on any atom is 0.410 e. The zero-order valence-electron chi connectivity index (χ0n) is 13.9. The van der Waals surface area contributed by atoms with Crippen molar-refractivity contribution < 1.29 is 14.3 Å². The lowest BCUT2D eigenvalue weighted by Crippen LogP contribution is -2.46. The fourth-order valence-electron chi connectivity index (χ4n) is 2.54. The zero-order chi connectivity index (χ0) is 16.2. The number of hydrogen-bond donors (Lipinski definition) is 1. The summed E-state index contributed by atoms with van der Waals surface area (Å²) in [5.41, 5.74) is 0.556. The molecule has 0 radical (unpaired) electrons. The molecule has 1 aliphatic heterocycles. The normalized spacial score (nSPS) is 18.7. The number of carbonyl (C=O) groups excluding carboxylic acids is 1. The highest BCUT2D eigenvalue weighted by Crippen LogP contribution is 2.21. The smallest absolute Gasteiger partial charge is 0.410 e. The number of carbonyl (C=O) groups is 1. The lowest BCUT2D eigenvalue weighted by atomic mass is 10.1. The van der Waals surface area contributed by atoms with E-state index in [0.29, 0.717) is 6.54 Å². The van der Waals surface area contributed by atoms with Crippen molar-refractivity contribution in [2.45, 2.75) is 45.3 Å². The second-order valence-electron chi connectivity index (χ2n) is 6.64. The number of amides is 1. The average Bonchev–Trinajstić information content (AvgIpc) is 2.46. The van der Waals surface area contributed by atoms with Crippen LogP contribution in [0, 0.1) is 0 Å². The first-order valence-electron chi connectivity index (χ1n) is 7.76. The zero-order valence-corrected chi connectivity index (χ0v) is 13.9. The number of hydrogen-bond acceptors (Lipinski definition) is 4. The number of methoxy groups -OCH3 is 1. The Morgan fingerprint density at radius 3 is 2.82 bits per heavy atom. The van der Waals surface area contributed by atoms with Gasteiger partial charge < -0.3 is 19.7 Å². The van der Waals surface area contributed by atoms with E-state index < -0.39 is 5.60 Å². The SMILES string of the molecule is COc1cccc(NC2CCCN(C(=O)OC(C)(C)C)C2)c1. The summed E-state index contributed by atoms with van der Waals surface area (Å²) in [4.78, 5) is 14.0. The fraction of sp³-hybridized carbons (Fsp3) is 0.588. The summed E-state index contributed by atoms with van der Waals surface area (Å²) in [5, 5.41) is 3.47. The third-order valence-corrected chi connectivity index (χ3v) is 3.51. The van der Waals surface area contributed by atoms with Crippen molar-refractivity contribution in [3.8, 4) is 5.75 Å². The second-order valence-corrected chi connectivity index (χ2v) is 6.64. The highest BCUT2D eigenvalue weighted by Gasteiger charge is 2.27. The lowest BCUT2D eigenvalue weighted by Gasteiger charge is -2.34. The van der Waals surface area contributed by atoms with Crippen molar-refractivity contribution in [2.75, 3.05) is 25.5 Å². The van der Waals surface area contributed by atoms with Crippen LogP contribution in [0.4, 0.5) is 10.5 Å². The maximum absolute atomic E-state index is 12.2. The first kappa shape index (κ1) is 16.5. The van der Waals surface area contributed by atoms with Crippen molar-refractivity contribution in [2.24, 2.45) is 0 Å². The van der Waals surface area contributed by atoms with Crippen molar-refractivity contribution in [3.05, 3.63) is 24.3 Å². The molecule has 5 heteroatoms. The van der Waals surface area contributed by atoms with E-state index in [4.69, 9.17) is 9.47 Å². The fourth-order valence-corrected chi connectivity index (χ4v) is 2.54. The summed E-state index contributed by atoms with van der Waals surface area (Å²) >= 11 is 0. The van der Waals surface area contributed by atoms with E-state index in [1.54, 1.807) is 12.0 Å². The molecule has 0 aromatic heterocycles. The molecule has 22 heavy (non-hydrogen) atoms. The molecule has 5 nitrogen and oxygen atoms in total. The monoisotopic (exact) mass is 306 g/mol. The Hall–Kier alpha value is -1.91. The van der Waals surface area contributed by atoms with Gasteiger partial charge in [0.05, 0.1) is 7.11 Å². The first-order valence-corrected chi connectivity index (χ1v) is 7.76. The van der Waals surface area contributed by atoms with E-state index in [1.807, 2.05) is 45.0 Å². The quantitative estimate of drug-likeness (QED) is 0.928. The summed E-state index contributed by atoms with van der Waals surface area (Å²) in [6.07, 6.45) is 1.78. The molecule has 1 saturated heterocycles. The molecule has 1 amide bonds. The van der Waals surface area contributed by atoms with Crippen LogP contribution >= 0.6 is 0 Å². The van der Waals surface area contributed by atoms with Gasteiger partial charge in [0, 0.05) is 30.9 Å². The van der Waals surface area contributed by atoms with E-state index >= 15 is 0 Å². The van der Waals surface area contributed by atoms with Crippen LogP contribution in [0.2, 0.25) is 0 Å². The molecule has 0 saturated carbocycles. The lowest BCUT2D eigenvalue weighted by molar-refractivity contribution is 0.0206. The van der Waals surface area contributed by atoms with Crippen LogP contribution < -0.4 is 10.1 Å². The van der Waals surface area contributed by atoms with Crippen molar-refractivity contribution in [1.29, 1.82) is 0 Å². The number of likely N-dealkylation sites (tertiary alicyclic amines) is 1. The van der Waals surface area contributed by atoms with Gasteiger partial charge in [0.15, 0.2) is 0 Å². The summed E-state index contributed by atoms with van der Waals surface area (Å²) < 4.78 is 10.7. The average molecular weight is 306 g/mol. The highest BCUT2D eigenvalue weighted by molar-refractivity contribution is 5.68. The molecular formula is C17H26N2O3. The van der Waals surface area contributed by atoms with Gasteiger partial charge in [-0.25, -0.2) is 4.79 Å². The number of nitrogens with one attached hydrogen (secondary N) is 1. The van der Waals surface area contributed by atoms with Crippen LogP contribution in [0.1, 0.15) is 33.6 Å². The molecule has 0 spiro atoms. The van der Waals surface area contributed by atoms with Crippen LogP contribution in [0.25, 0.3) is 0 Å². The van der Waals surface area contributed by atoms with E-state index in [1.165, 1.54) is 0 Å². The van der Waals surface area contributed by atoms with Gasteiger partial charge in [-0.2, -0.15) is 0 Å². The van der Waals surface area contributed by atoms with Crippen molar-refractivity contribution in [1.82, 2.24) is 4.90 Å². The van der Waals surface area contributed by atoms with Gasteiger partial charge in [-0.3, -0.25) is 0 Å². The Balaban J connectivity index is 1.94. The topological polar surface area (TPSA) is 50.8 Å². The second kappa shape index (κ2) is 6.90. The number of piperidine rings is 1. The van der Waals surface area contributed by atoms with Crippen LogP contribution in [0.3, 0.4) is 0 Å². The minimum absolute atomic E-state index is 0.230. The van der Waals surface area contributed by atoms with Crippen molar-refractivity contribution in [3.63, 3.8) is 0 Å². The Morgan fingerprint density at radius 2 is 2.14 bits per heavy atom. The molecule has 1 atom stereocenters. The Morgan fingerprint density at radius 1 is 1.36 bits per heavy atom. The number of ether oxygens (including phenoxy) is 2. The van der Waals surface area contributed by atoms with E-state index in [2.05, 4.69) is 5.32 Å².